The van der Waals surface area contributed by atoms with Crippen LogP contribution in [-0.4, -0.2) is 37.2 Å². The molecular weight excluding hydrogens is 973 g/mol. The topological polar surface area (TPSA) is 78.9 Å². The molecule has 0 aromatic rings. The fourth-order valence-corrected chi connectivity index (χ4v) is 10.1. The van der Waals surface area contributed by atoms with Crippen molar-refractivity contribution in [1.82, 2.24) is 0 Å². The van der Waals surface area contributed by atoms with Crippen molar-refractivity contribution in [3.63, 3.8) is 0 Å². The van der Waals surface area contributed by atoms with E-state index in [0.29, 0.717) is 19.3 Å². The fourth-order valence-electron chi connectivity index (χ4n) is 10.1. The second kappa shape index (κ2) is 67.4. The highest BCUT2D eigenvalue weighted by atomic mass is 16.6. The van der Waals surface area contributed by atoms with Crippen LogP contribution in [0.2, 0.25) is 0 Å². The summed E-state index contributed by atoms with van der Waals surface area (Å²) in [6.07, 6.45) is 87.8. The Balaban J connectivity index is 4.20. The minimum absolute atomic E-state index is 0.0730. The third-order valence-electron chi connectivity index (χ3n) is 15.2. The summed E-state index contributed by atoms with van der Waals surface area (Å²) >= 11 is 0. The molecule has 0 bridgehead atoms. The molecule has 0 radical (unpaired) electrons. The second-order valence-electron chi connectivity index (χ2n) is 23.1. The van der Waals surface area contributed by atoms with E-state index in [-0.39, 0.29) is 31.1 Å². The molecule has 0 aromatic carbocycles. The van der Waals surface area contributed by atoms with Crippen LogP contribution in [0.1, 0.15) is 355 Å². The van der Waals surface area contributed by atoms with Crippen LogP contribution in [0, 0.1) is 0 Å². The van der Waals surface area contributed by atoms with Crippen LogP contribution in [0.15, 0.2) is 72.9 Å². The summed E-state index contributed by atoms with van der Waals surface area (Å²) in [7, 11) is 0. The molecule has 0 amide bonds. The van der Waals surface area contributed by atoms with Crippen molar-refractivity contribution in [2.24, 2.45) is 0 Å². The number of carbonyl (C=O) groups is 3. The first-order valence-corrected chi connectivity index (χ1v) is 34.4. The SMILES string of the molecule is CC/C=C\C/C=C\C/C=C\C/C=C\C/C=C\CCCCCCCCCCCCCCCCCC(=O)OCC(COC(=O)CCCCCCCCCCCCCCCCC)OC(=O)CCCCCCC/C=C\CCCCCCCC. The average molecular weight is 1100 g/mol. The van der Waals surface area contributed by atoms with Gasteiger partial charge in [0.1, 0.15) is 13.2 Å². The minimum atomic E-state index is -0.777. The van der Waals surface area contributed by atoms with Gasteiger partial charge in [0, 0.05) is 19.3 Å². The van der Waals surface area contributed by atoms with Gasteiger partial charge in [-0.1, -0.05) is 318 Å². The Bertz CT molecular complexity index is 1450. The Labute approximate surface area is 491 Å². The van der Waals surface area contributed by atoms with E-state index in [9.17, 15) is 14.4 Å². The van der Waals surface area contributed by atoms with E-state index in [1.54, 1.807) is 0 Å². The summed E-state index contributed by atoms with van der Waals surface area (Å²) in [5.41, 5.74) is 0. The van der Waals surface area contributed by atoms with E-state index < -0.39 is 6.10 Å². The van der Waals surface area contributed by atoms with Gasteiger partial charge in [0.2, 0.25) is 0 Å². The summed E-state index contributed by atoms with van der Waals surface area (Å²) < 4.78 is 17.0. The quantitative estimate of drug-likeness (QED) is 0.0261. The Morgan fingerprint density at radius 3 is 0.785 bits per heavy atom. The molecule has 0 aliphatic heterocycles. The van der Waals surface area contributed by atoms with Gasteiger partial charge in [0.15, 0.2) is 6.10 Å². The zero-order valence-corrected chi connectivity index (χ0v) is 52.6. The van der Waals surface area contributed by atoms with Crippen molar-refractivity contribution in [3.05, 3.63) is 72.9 Å². The van der Waals surface area contributed by atoms with E-state index in [4.69, 9.17) is 14.2 Å². The molecule has 0 aliphatic carbocycles. The number of ether oxygens (including phenoxy) is 3. The molecule has 6 heteroatoms. The zero-order valence-electron chi connectivity index (χ0n) is 52.6. The number of carbonyl (C=O) groups excluding carboxylic acids is 3. The van der Waals surface area contributed by atoms with Crippen LogP contribution in [0.25, 0.3) is 0 Å². The largest absolute Gasteiger partial charge is 0.462 e. The van der Waals surface area contributed by atoms with Crippen molar-refractivity contribution in [1.29, 1.82) is 0 Å². The molecule has 0 saturated heterocycles. The van der Waals surface area contributed by atoms with Gasteiger partial charge in [-0.25, -0.2) is 0 Å². The van der Waals surface area contributed by atoms with Crippen molar-refractivity contribution < 1.29 is 28.6 Å². The smallest absolute Gasteiger partial charge is 0.306 e. The van der Waals surface area contributed by atoms with Crippen molar-refractivity contribution in [2.75, 3.05) is 13.2 Å². The summed E-state index contributed by atoms with van der Waals surface area (Å²) in [5.74, 6) is -0.860. The maximum Gasteiger partial charge on any atom is 0.306 e. The first kappa shape index (κ1) is 75.8. The van der Waals surface area contributed by atoms with Crippen LogP contribution >= 0.6 is 0 Å². The van der Waals surface area contributed by atoms with Crippen LogP contribution in [0.5, 0.6) is 0 Å². The molecule has 0 aromatic heterocycles. The Hall–Kier alpha value is -3.15. The van der Waals surface area contributed by atoms with Crippen molar-refractivity contribution in [2.45, 2.75) is 361 Å². The maximum absolute atomic E-state index is 12.9. The van der Waals surface area contributed by atoms with Crippen LogP contribution in [-0.2, 0) is 28.6 Å². The predicted molar refractivity (Wildman–Crippen MR) is 344 cm³/mol. The van der Waals surface area contributed by atoms with Gasteiger partial charge < -0.3 is 14.2 Å². The average Bonchev–Trinajstić information content (AvgIpc) is 3.45. The van der Waals surface area contributed by atoms with E-state index in [1.165, 1.54) is 218 Å². The summed E-state index contributed by atoms with van der Waals surface area (Å²) in [6.45, 7) is 6.57. The normalized spacial score (nSPS) is 12.5. The predicted octanol–water partition coefficient (Wildman–Crippen LogP) is 23.7. The molecule has 1 unspecified atom stereocenters. The highest BCUT2D eigenvalue weighted by Gasteiger charge is 2.19. The van der Waals surface area contributed by atoms with Gasteiger partial charge in [0.05, 0.1) is 0 Å². The molecule has 0 heterocycles. The van der Waals surface area contributed by atoms with Gasteiger partial charge in [-0.3, -0.25) is 14.4 Å². The monoisotopic (exact) mass is 1100 g/mol. The molecule has 6 nitrogen and oxygen atoms in total. The molecule has 0 aliphatic rings. The van der Waals surface area contributed by atoms with Crippen LogP contribution < -0.4 is 0 Å². The number of rotatable bonds is 63. The number of hydrogen-bond acceptors (Lipinski definition) is 6. The Morgan fingerprint density at radius 1 is 0.266 bits per heavy atom. The van der Waals surface area contributed by atoms with Gasteiger partial charge in [-0.15, -0.1) is 0 Å². The third-order valence-corrected chi connectivity index (χ3v) is 15.2. The molecular formula is C73H130O6. The third kappa shape index (κ3) is 65.5. The van der Waals surface area contributed by atoms with Crippen LogP contribution in [0.4, 0.5) is 0 Å². The highest BCUT2D eigenvalue weighted by Crippen LogP contribution is 2.18. The number of hydrogen-bond donors (Lipinski definition) is 0. The van der Waals surface area contributed by atoms with Gasteiger partial charge >= 0.3 is 17.9 Å². The fraction of sp³-hybridized carbons (Fsp3) is 0.795. The standard InChI is InChI=1S/C73H130O6/c1-4-7-10-13-16-19-22-25-28-29-30-31-32-33-34-35-36-37-38-39-40-41-42-43-46-48-51-54-57-60-63-66-72(75)78-69-70(79-73(76)67-64-61-58-55-52-49-45-27-24-21-18-15-12-9-6-3)68-77-71(74)65-62-59-56-53-50-47-44-26-23-20-17-14-11-8-5-2/h7,10,16,19,25,27-28,30-31,33-34,45,70H,4-6,8-9,11-15,17-18,20-24,26,29,32,35-44,46-69H2,1-3H3/b10-7-,19-16-,28-25-,31-30-,34-33-,45-27-. The van der Waals surface area contributed by atoms with Crippen LogP contribution in [0.3, 0.4) is 0 Å². The maximum atomic E-state index is 12.9. The molecule has 0 rings (SSSR count). The molecule has 79 heavy (non-hydrogen) atoms. The van der Waals surface area contributed by atoms with E-state index in [2.05, 4.69) is 93.7 Å². The van der Waals surface area contributed by atoms with Gasteiger partial charge in [-0.05, 0) is 89.9 Å². The number of allylic oxidation sites excluding steroid dienone is 12. The second-order valence-corrected chi connectivity index (χ2v) is 23.1. The lowest BCUT2D eigenvalue weighted by atomic mass is 10.0. The lowest BCUT2D eigenvalue weighted by Gasteiger charge is -2.18. The van der Waals surface area contributed by atoms with Crippen molar-refractivity contribution >= 4 is 17.9 Å². The molecule has 0 N–H and O–H groups in total. The number of unbranched alkanes of at least 4 members (excludes halogenated alkanes) is 40. The number of esters is 3. The van der Waals surface area contributed by atoms with E-state index >= 15 is 0 Å². The highest BCUT2D eigenvalue weighted by molar-refractivity contribution is 5.71. The minimum Gasteiger partial charge on any atom is -0.462 e. The summed E-state index contributed by atoms with van der Waals surface area (Å²) in [5, 5.41) is 0. The first-order valence-electron chi connectivity index (χ1n) is 34.4. The van der Waals surface area contributed by atoms with E-state index in [1.807, 2.05) is 0 Å². The zero-order chi connectivity index (χ0) is 57.1. The first-order chi connectivity index (χ1) is 39.0. The Morgan fingerprint density at radius 2 is 0.494 bits per heavy atom. The molecule has 0 spiro atoms. The van der Waals surface area contributed by atoms with Gasteiger partial charge in [-0.2, -0.15) is 0 Å². The van der Waals surface area contributed by atoms with Crippen molar-refractivity contribution in [3.8, 4) is 0 Å². The molecule has 458 valence electrons. The van der Waals surface area contributed by atoms with E-state index in [0.717, 1.165) is 96.3 Å². The van der Waals surface area contributed by atoms with Gasteiger partial charge in [0.25, 0.3) is 0 Å². The molecule has 1 atom stereocenters. The molecule has 0 fully saturated rings. The molecule has 0 saturated carbocycles. The lowest BCUT2D eigenvalue weighted by Crippen LogP contribution is -2.30. The summed E-state index contributed by atoms with van der Waals surface area (Å²) in [4.78, 5) is 38.4. The Kier molecular flexibility index (Phi) is 64.7. The summed E-state index contributed by atoms with van der Waals surface area (Å²) in [6, 6.07) is 0. The lowest BCUT2D eigenvalue weighted by molar-refractivity contribution is -0.167.